The van der Waals surface area contributed by atoms with Crippen molar-refractivity contribution < 1.29 is 18.4 Å². The second-order valence-corrected chi connectivity index (χ2v) is 4.49. The van der Waals surface area contributed by atoms with Crippen LogP contribution in [-0.4, -0.2) is 11.6 Å². The van der Waals surface area contributed by atoms with Gasteiger partial charge in [-0.25, -0.2) is 4.79 Å². The van der Waals surface area contributed by atoms with Gasteiger partial charge in [0.1, 0.15) is 17.1 Å². The molecule has 0 fully saturated rings. The molecule has 0 spiro atoms. The van der Waals surface area contributed by atoms with Gasteiger partial charge in [-0.05, 0) is 27.7 Å². The molecule has 0 saturated carbocycles. The maximum absolute atomic E-state index is 10.3. The summed E-state index contributed by atoms with van der Waals surface area (Å²) in [5.74, 6) is 0.393. The molecule has 0 aromatic carbocycles. The predicted octanol–water partition coefficient (Wildman–Crippen LogP) is 2.45. The van der Waals surface area contributed by atoms with Crippen molar-refractivity contribution in [2.75, 3.05) is 0 Å². The molecule has 5 nitrogen and oxygen atoms in total. The van der Waals surface area contributed by atoms with E-state index in [9.17, 15) is 9.59 Å². The molecule has 1 heterocycles. The molecule has 0 aliphatic heterocycles. The van der Waals surface area contributed by atoms with E-state index >= 15 is 0 Å². The summed E-state index contributed by atoms with van der Waals surface area (Å²) in [6.45, 7) is 10.5. The summed E-state index contributed by atoms with van der Waals surface area (Å²) in [7, 11) is 0. The molecule has 0 N–H and O–H groups in total. The third kappa shape index (κ3) is 7.38. The van der Waals surface area contributed by atoms with Gasteiger partial charge in [0.15, 0.2) is 0 Å². The van der Waals surface area contributed by atoms with Gasteiger partial charge in [-0.3, -0.25) is 4.79 Å². The van der Waals surface area contributed by atoms with E-state index in [1.54, 1.807) is 6.92 Å². The van der Waals surface area contributed by atoms with Crippen LogP contribution in [0.1, 0.15) is 46.1 Å². The standard InChI is InChI=1S/C6H8O3.C6H12O2/c1-3-5-4(2)8-6(7)9-5;1-5(7)8-6(2,3)4/h3H2,1-2H3;1-4H3. The van der Waals surface area contributed by atoms with Crippen molar-refractivity contribution in [1.82, 2.24) is 0 Å². The topological polar surface area (TPSA) is 69.7 Å². The average molecular weight is 244 g/mol. The molecular formula is C12H20O5. The molecule has 0 saturated heterocycles. The lowest BCUT2D eigenvalue weighted by Crippen LogP contribution is -2.21. The highest BCUT2D eigenvalue weighted by molar-refractivity contribution is 5.66. The van der Waals surface area contributed by atoms with E-state index in [1.165, 1.54) is 6.92 Å². The Balaban J connectivity index is 0.000000304. The molecule has 98 valence electrons. The highest BCUT2D eigenvalue weighted by Gasteiger charge is 2.11. The fourth-order valence-corrected chi connectivity index (χ4v) is 1.13. The Morgan fingerprint density at radius 2 is 1.82 bits per heavy atom. The molecule has 1 aromatic rings. The zero-order valence-corrected chi connectivity index (χ0v) is 11.2. The van der Waals surface area contributed by atoms with Crippen molar-refractivity contribution in [3.63, 3.8) is 0 Å². The Labute approximate surface area is 101 Å². The van der Waals surface area contributed by atoms with Crippen molar-refractivity contribution in [3.05, 3.63) is 22.1 Å². The minimum absolute atomic E-state index is 0.225. The first-order valence-electron chi connectivity index (χ1n) is 5.44. The minimum atomic E-state index is -0.607. The molecular weight excluding hydrogens is 224 g/mol. The molecule has 0 radical (unpaired) electrons. The Morgan fingerprint density at radius 1 is 1.29 bits per heavy atom. The molecule has 0 bridgehead atoms. The van der Waals surface area contributed by atoms with Crippen molar-refractivity contribution in [2.45, 2.75) is 53.6 Å². The molecule has 1 rings (SSSR count). The van der Waals surface area contributed by atoms with Crippen LogP contribution in [0.4, 0.5) is 0 Å². The van der Waals surface area contributed by atoms with Gasteiger partial charge in [0, 0.05) is 13.3 Å². The number of aryl methyl sites for hydroxylation is 2. The summed E-state index contributed by atoms with van der Waals surface area (Å²) in [6.07, 6.45) is 0.706. The van der Waals surface area contributed by atoms with E-state index in [0.29, 0.717) is 17.9 Å². The van der Waals surface area contributed by atoms with Gasteiger partial charge < -0.3 is 13.6 Å². The molecule has 0 aliphatic carbocycles. The number of esters is 1. The second-order valence-electron chi connectivity index (χ2n) is 4.49. The van der Waals surface area contributed by atoms with E-state index in [0.717, 1.165) is 0 Å². The first-order chi connectivity index (χ1) is 7.65. The van der Waals surface area contributed by atoms with E-state index in [4.69, 9.17) is 4.74 Å². The molecule has 0 amide bonds. The summed E-state index contributed by atoms with van der Waals surface area (Å²) in [5.41, 5.74) is -0.328. The van der Waals surface area contributed by atoms with Gasteiger partial charge in [0.2, 0.25) is 0 Å². The van der Waals surface area contributed by atoms with Gasteiger partial charge in [0.25, 0.3) is 0 Å². The van der Waals surface area contributed by atoms with Crippen molar-refractivity contribution >= 4 is 5.97 Å². The summed E-state index contributed by atoms with van der Waals surface area (Å²) in [4.78, 5) is 20.6. The molecule has 0 aliphatic rings. The quantitative estimate of drug-likeness (QED) is 0.710. The van der Waals surface area contributed by atoms with Crippen LogP contribution < -0.4 is 5.82 Å². The third-order valence-corrected chi connectivity index (χ3v) is 1.61. The maximum Gasteiger partial charge on any atom is 0.519 e. The Kier molecular flexibility index (Phi) is 5.71. The SMILES string of the molecule is CC(=O)OC(C)(C)C.CCc1oc(=O)oc1C. The smallest absolute Gasteiger partial charge is 0.460 e. The van der Waals surface area contributed by atoms with E-state index in [2.05, 4.69) is 8.83 Å². The molecule has 0 unspecified atom stereocenters. The van der Waals surface area contributed by atoms with Gasteiger partial charge in [0.05, 0.1) is 0 Å². The zero-order valence-electron chi connectivity index (χ0n) is 11.2. The highest BCUT2D eigenvalue weighted by Crippen LogP contribution is 2.05. The molecule has 17 heavy (non-hydrogen) atoms. The number of ether oxygens (including phenoxy) is 1. The van der Waals surface area contributed by atoms with Crippen LogP contribution in [0.5, 0.6) is 0 Å². The number of hydrogen-bond acceptors (Lipinski definition) is 5. The zero-order chi connectivity index (χ0) is 13.6. The van der Waals surface area contributed by atoms with E-state index < -0.39 is 5.82 Å². The van der Waals surface area contributed by atoms with Crippen LogP contribution in [0.15, 0.2) is 13.6 Å². The normalized spacial score (nSPS) is 10.5. The highest BCUT2D eigenvalue weighted by atomic mass is 16.6. The van der Waals surface area contributed by atoms with Crippen LogP contribution >= 0.6 is 0 Å². The van der Waals surface area contributed by atoms with E-state index in [1.807, 2.05) is 27.7 Å². The average Bonchev–Trinajstić information content (AvgIpc) is 2.41. The van der Waals surface area contributed by atoms with Crippen LogP contribution in [0.3, 0.4) is 0 Å². The predicted molar refractivity (Wildman–Crippen MR) is 62.9 cm³/mol. The van der Waals surface area contributed by atoms with Crippen LogP contribution in [0.25, 0.3) is 0 Å². The van der Waals surface area contributed by atoms with Crippen LogP contribution in [0.2, 0.25) is 0 Å². The largest absolute Gasteiger partial charge is 0.519 e. The first-order valence-corrected chi connectivity index (χ1v) is 5.44. The van der Waals surface area contributed by atoms with Gasteiger partial charge in [-0.15, -0.1) is 0 Å². The molecule has 1 aromatic heterocycles. The lowest BCUT2D eigenvalue weighted by molar-refractivity contribution is -0.151. The Hall–Kier alpha value is -1.52. The van der Waals surface area contributed by atoms with Crippen molar-refractivity contribution in [3.8, 4) is 0 Å². The van der Waals surface area contributed by atoms with Crippen LogP contribution in [0, 0.1) is 6.92 Å². The third-order valence-electron chi connectivity index (χ3n) is 1.61. The Morgan fingerprint density at radius 3 is 1.94 bits per heavy atom. The first kappa shape index (κ1) is 15.5. The molecule has 0 atom stereocenters. The van der Waals surface area contributed by atoms with Gasteiger partial charge in [-0.2, -0.15) is 0 Å². The summed E-state index contributed by atoms with van der Waals surface area (Å²) in [6, 6.07) is 0. The lowest BCUT2D eigenvalue weighted by atomic mass is 10.2. The Bertz CT molecular complexity index is 405. The van der Waals surface area contributed by atoms with Crippen molar-refractivity contribution in [1.29, 1.82) is 0 Å². The summed E-state index contributed by atoms with van der Waals surface area (Å²) < 4.78 is 14.0. The summed E-state index contributed by atoms with van der Waals surface area (Å²) >= 11 is 0. The fraction of sp³-hybridized carbons (Fsp3) is 0.667. The number of hydrogen-bond donors (Lipinski definition) is 0. The number of rotatable bonds is 1. The van der Waals surface area contributed by atoms with Crippen molar-refractivity contribution in [2.24, 2.45) is 0 Å². The maximum atomic E-state index is 10.3. The number of carbonyl (C=O) groups is 1. The minimum Gasteiger partial charge on any atom is -0.460 e. The monoisotopic (exact) mass is 244 g/mol. The van der Waals surface area contributed by atoms with E-state index in [-0.39, 0.29) is 11.6 Å². The molecule has 5 heteroatoms. The summed E-state index contributed by atoms with van der Waals surface area (Å²) in [5, 5.41) is 0. The second kappa shape index (κ2) is 6.27. The fourth-order valence-electron chi connectivity index (χ4n) is 1.13. The van der Waals surface area contributed by atoms with Crippen LogP contribution in [-0.2, 0) is 16.0 Å². The number of carbonyl (C=O) groups excluding carboxylic acids is 1. The lowest BCUT2D eigenvalue weighted by Gasteiger charge is -2.17. The van der Waals surface area contributed by atoms with Gasteiger partial charge in [-0.1, -0.05) is 6.92 Å². The van der Waals surface area contributed by atoms with Gasteiger partial charge >= 0.3 is 11.8 Å².